The number of hydrogen-bond donors (Lipinski definition) is 1. The van der Waals surface area contributed by atoms with Gasteiger partial charge in [0.05, 0.1) is 0 Å². The van der Waals surface area contributed by atoms with Crippen LogP contribution in [0, 0.1) is 6.92 Å². The van der Waals surface area contributed by atoms with Crippen molar-refractivity contribution in [2.45, 2.75) is 46.0 Å². The smallest absolute Gasteiger partial charge is 0.193 e. The fourth-order valence-electron chi connectivity index (χ4n) is 2.33. The molecule has 1 N–H and O–H groups in total. The summed E-state index contributed by atoms with van der Waals surface area (Å²) in [6.45, 7) is 10.6. The Labute approximate surface area is 141 Å². The average molecular weight is 316 g/mol. The van der Waals surface area contributed by atoms with Crippen LogP contribution in [0.5, 0.6) is 0 Å². The normalized spacial score (nSPS) is 11.3. The lowest BCUT2D eigenvalue weighted by atomic mass is 10.2. The van der Waals surface area contributed by atoms with Gasteiger partial charge in [0.25, 0.3) is 0 Å². The highest BCUT2D eigenvalue weighted by Crippen LogP contribution is 2.03. The molecule has 4 heteroatoms. The molecule has 0 bridgehead atoms. The van der Waals surface area contributed by atoms with Crippen molar-refractivity contribution >= 4 is 5.96 Å². The predicted molar refractivity (Wildman–Crippen MR) is 100.0 cm³/mol. The van der Waals surface area contributed by atoms with Crippen molar-refractivity contribution in [3.63, 3.8) is 0 Å². The number of aliphatic imine (C=N–C) groups is 1. The third kappa shape index (κ3) is 8.38. The van der Waals surface area contributed by atoms with Crippen molar-refractivity contribution in [2.24, 2.45) is 4.99 Å². The van der Waals surface area contributed by atoms with Gasteiger partial charge in [0, 0.05) is 38.6 Å². The maximum atomic E-state index is 4.73. The lowest BCUT2D eigenvalue weighted by molar-refractivity contribution is 0.455. The number of allylic oxidation sites excluding steroid dienone is 1. The van der Waals surface area contributed by atoms with E-state index < -0.39 is 0 Å². The number of guanidine groups is 1. The Morgan fingerprint density at radius 1 is 1.35 bits per heavy atom. The van der Waals surface area contributed by atoms with Gasteiger partial charge >= 0.3 is 0 Å². The topological polar surface area (TPSA) is 40.5 Å². The SMILES string of the molecule is C=CCCCCCN(C)C(=NCCc1ccc(C)nc1)NCC. The number of aryl methyl sites for hydroxylation is 1. The van der Waals surface area contributed by atoms with E-state index in [2.05, 4.69) is 47.9 Å². The van der Waals surface area contributed by atoms with Crippen LogP contribution in [0.4, 0.5) is 0 Å². The lowest BCUT2D eigenvalue weighted by Crippen LogP contribution is -2.39. The molecule has 0 atom stereocenters. The van der Waals surface area contributed by atoms with Crippen LogP contribution in [0.1, 0.15) is 43.9 Å². The number of pyridine rings is 1. The van der Waals surface area contributed by atoms with E-state index in [1.165, 1.54) is 24.8 Å². The summed E-state index contributed by atoms with van der Waals surface area (Å²) >= 11 is 0. The van der Waals surface area contributed by atoms with Crippen molar-refractivity contribution in [1.29, 1.82) is 0 Å². The zero-order valence-corrected chi connectivity index (χ0v) is 15.0. The van der Waals surface area contributed by atoms with Gasteiger partial charge in [-0.05, 0) is 51.2 Å². The van der Waals surface area contributed by atoms with Crippen molar-refractivity contribution in [3.8, 4) is 0 Å². The molecule has 0 saturated carbocycles. The van der Waals surface area contributed by atoms with Crippen molar-refractivity contribution < 1.29 is 0 Å². The lowest BCUT2D eigenvalue weighted by Gasteiger charge is -2.22. The Hall–Kier alpha value is -1.84. The molecule has 4 nitrogen and oxygen atoms in total. The average Bonchev–Trinajstić information content (AvgIpc) is 2.55. The van der Waals surface area contributed by atoms with Gasteiger partial charge in [-0.3, -0.25) is 9.98 Å². The molecular formula is C19H32N4. The van der Waals surface area contributed by atoms with E-state index in [1.54, 1.807) is 0 Å². The fourth-order valence-corrected chi connectivity index (χ4v) is 2.33. The van der Waals surface area contributed by atoms with Crippen molar-refractivity contribution in [1.82, 2.24) is 15.2 Å². The zero-order valence-electron chi connectivity index (χ0n) is 15.0. The molecule has 0 unspecified atom stereocenters. The van der Waals surface area contributed by atoms with Gasteiger partial charge in [-0.2, -0.15) is 0 Å². The summed E-state index contributed by atoms with van der Waals surface area (Å²) in [6.07, 6.45) is 9.64. The highest BCUT2D eigenvalue weighted by molar-refractivity contribution is 5.79. The Kier molecular flexibility index (Phi) is 9.76. The molecule has 0 saturated heterocycles. The molecule has 0 spiro atoms. The largest absolute Gasteiger partial charge is 0.357 e. The van der Waals surface area contributed by atoms with E-state index in [1.807, 2.05) is 19.2 Å². The van der Waals surface area contributed by atoms with Crippen LogP contribution in [-0.4, -0.2) is 42.5 Å². The Bertz CT molecular complexity index is 465. The number of aromatic nitrogens is 1. The number of nitrogens with zero attached hydrogens (tertiary/aromatic N) is 3. The van der Waals surface area contributed by atoms with E-state index in [0.29, 0.717) is 0 Å². The van der Waals surface area contributed by atoms with Gasteiger partial charge in [-0.1, -0.05) is 18.6 Å². The summed E-state index contributed by atoms with van der Waals surface area (Å²) in [4.78, 5) is 11.3. The second kappa shape index (κ2) is 11.7. The Balaban J connectivity index is 2.41. The van der Waals surface area contributed by atoms with E-state index in [4.69, 9.17) is 4.99 Å². The van der Waals surface area contributed by atoms with Gasteiger partial charge in [0.2, 0.25) is 0 Å². The molecule has 0 radical (unpaired) electrons. The minimum absolute atomic E-state index is 0.786. The molecule has 0 aromatic carbocycles. The van der Waals surface area contributed by atoms with Crippen LogP contribution >= 0.6 is 0 Å². The molecule has 0 amide bonds. The summed E-state index contributed by atoms with van der Waals surface area (Å²) in [6, 6.07) is 4.19. The Morgan fingerprint density at radius 2 is 2.17 bits per heavy atom. The van der Waals surface area contributed by atoms with E-state index in [0.717, 1.165) is 44.1 Å². The molecule has 1 aromatic heterocycles. The minimum atomic E-state index is 0.786. The molecule has 0 aliphatic heterocycles. The standard InChI is InChI=1S/C19H32N4/c1-5-7-8-9-10-15-23(4)19(20-6-2)21-14-13-18-12-11-17(3)22-16-18/h5,11-12,16H,1,6-10,13-15H2,2-4H3,(H,20,21). The monoisotopic (exact) mass is 316 g/mol. The highest BCUT2D eigenvalue weighted by Gasteiger charge is 2.04. The number of hydrogen-bond acceptors (Lipinski definition) is 2. The highest BCUT2D eigenvalue weighted by atomic mass is 15.3. The summed E-state index contributed by atoms with van der Waals surface area (Å²) < 4.78 is 0. The molecule has 0 fully saturated rings. The second-order valence-corrected chi connectivity index (χ2v) is 5.85. The van der Waals surface area contributed by atoms with Crippen LogP contribution in [0.3, 0.4) is 0 Å². The quantitative estimate of drug-likeness (QED) is 0.310. The first-order valence-corrected chi connectivity index (χ1v) is 8.69. The molecule has 1 aromatic rings. The zero-order chi connectivity index (χ0) is 16.9. The molecule has 1 rings (SSSR count). The second-order valence-electron chi connectivity index (χ2n) is 5.85. The first-order valence-electron chi connectivity index (χ1n) is 8.69. The molecule has 1 heterocycles. The maximum Gasteiger partial charge on any atom is 0.193 e. The Morgan fingerprint density at radius 3 is 2.83 bits per heavy atom. The van der Waals surface area contributed by atoms with Gasteiger partial charge in [0.1, 0.15) is 0 Å². The van der Waals surface area contributed by atoms with Crippen LogP contribution < -0.4 is 5.32 Å². The van der Waals surface area contributed by atoms with Gasteiger partial charge in [-0.25, -0.2) is 0 Å². The summed E-state index contributed by atoms with van der Waals surface area (Å²) in [7, 11) is 2.11. The van der Waals surface area contributed by atoms with Crippen molar-refractivity contribution in [3.05, 3.63) is 42.2 Å². The molecular weight excluding hydrogens is 284 g/mol. The maximum absolute atomic E-state index is 4.73. The molecule has 0 aliphatic rings. The summed E-state index contributed by atoms with van der Waals surface area (Å²) in [5.41, 5.74) is 2.30. The first-order chi connectivity index (χ1) is 11.2. The number of rotatable bonds is 10. The van der Waals surface area contributed by atoms with E-state index in [-0.39, 0.29) is 0 Å². The summed E-state index contributed by atoms with van der Waals surface area (Å²) in [5.74, 6) is 0.997. The van der Waals surface area contributed by atoms with Crippen LogP contribution in [0.25, 0.3) is 0 Å². The van der Waals surface area contributed by atoms with Crippen molar-refractivity contribution in [2.75, 3.05) is 26.7 Å². The van der Waals surface area contributed by atoms with Gasteiger partial charge < -0.3 is 10.2 Å². The van der Waals surface area contributed by atoms with E-state index in [9.17, 15) is 0 Å². The number of nitrogens with one attached hydrogen (secondary N) is 1. The molecule has 0 aliphatic carbocycles. The minimum Gasteiger partial charge on any atom is -0.357 e. The molecule has 23 heavy (non-hydrogen) atoms. The van der Waals surface area contributed by atoms with Crippen LogP contribution in [-0.2, 0) is 6.42 Å². The third-order valence-corrected chi connectivity index (χ3v) is 3.73. The van der Waals surface area contributed by atoms with Crippen LogP contribution in [0.2, 0.25) is 0 Å². The number of unbranched alkanes of at least 4 members (excludes halogenated alkanes) is 3. The fraction of sp³-hybridized carbons (Fsp3) is 0.579. The van der Waals surface area contributed by atoms with Gasteiger partial charge in [-0.15, -0.1) is 6.58 Å². The first kappa shape index (κ1) is 19.2. The third-order valence-electron chi connectivity index (χ3n) is 3.73. The summed E-state index contributed by atoms with van der Waals surface area (Å²) in [5, 5.41) is 3.37. The van der Waals surface area contributed by atoms with E-state index >= 15 is 0 Å². The molecule has 128 valence electrons. The van der Waals surface area contributed by atoms with Crippen LogP contribution in [0.15, 0.2) is 36.0 Å². The predicted octanol–water partition coefficient (Wildman–Crippen LogP) is 3.58. The van der Waals surface area contributed by atoms with Gasteiger partial charge in [0.15, 0.2) is 5.96 Å².